The molecule has 1 aliphatic heterocycles. The Bertz CT molecular complexity index is 516. The molecule has 1 saturated heterocycles. The van der Waals surface area contributed by atoms with Crippen LogP contribution in [0.3, 0.4) is 0 Å². The number of nitrogens with one attached hydrogen (secondary N) is 2. The van der Waals surface area contributed by atoms with Crippen LogP contribution >= 0.6 is 0 Å². The first-order valence-corrected chi connectivity index (χ1v) is 7.63. The Kier molecular flexibility index (Phi) is 4.33. The molecule has 20 heavy (non-hydrogen) atoms. The molecule has 0 saturated carbocycles. The van der Waals surface area contributed by atoms with Crippen molar-refractivity contribution < 1.29 is 4.74 Å². The summed E-state index contributed by atoms with van der Waals surface area (Å²) in [5, 5.41) is 3.61. The normalized spacial score (nSPS) is 23.2. The molecule has 2 N–H and O–H groups in total. The maximum absolute atomic E-state index is 5.79. The van der Waals surface area contributed by atoms with Crippen LogP contribution in [0.5, 0.6) is 0 Å². The summed E-state index contributed by atoms with van der Waals surface area (Å²) in [6, 6.07) is 8.71. The molecule has 3 rings (SSSR count). The molecular formula is C16H23N3O. The third kappa shape index (κ3) is 3.19. The smallest absolute Gasteiger partial charge is 0.121 e. The summed E-state index contributed by atoms with van der Waals surface area (Å²) >= 11 is 0. The predicted octanol–water partition coefficient (Wildman–Crippen LogP) is 3.00. The summed E-state index contributed by atoms with van der Waals surface area (Å²) in [7, 11) is 0. The van der Waals surface area contributed by atoms with Gasteiger partial charge in [-0.1, -0.05) is 25.5 Å². The Morgan fingerprint density at radius 1 is 1.40 bits per heavy atom. The van der Waals surface area contributed by atoms with Crippen molar-refractivity contribution in [3.05, 3.63) is 30.1 Å². The summed E-state index contributed by atoms with van der Waals surface area (Å²) in [5.74, 6) is 1.02. The van der Waals surface area contributed by atoms with Gasteiger partial charge in [-0.05, 0) is 31.4 Å². The highest BCUT2D eigenvalue weighted by molar-refractivity contribution is 5.74. The molecule has 2 aromatic rings. The van der Waals surface area contributed by atoms with Gasteiger partial charge in [0.15, 0.2) is 0 Å². The molecule has 2 unspecified atom stereocenters. The second-order valence-electron chi connectivity index (χ2n) is 5.58. The monoisotopic (exact) mass is 273 g/mol. The zero-order chi connectivity index (χ0) is 13.8. The topological polar surface area (TPSA) is 49.9 Å². The number of para-hydroxylation sites is 2. The largest absolute Gasteiger partial charge is 0.378 e. The Labute approximate surface area is 119 Å². The fourth-order valence-corrected chi connectivity index (χ4v) is 2.92. The maximum atomic E-state index is 5.79. The molecule has 4 heteroatoms. The van der Waals surface area contributed by atoms with Crippen LogP contribution in [0.1, 0.15) is 38.4 Å². The number of fused-ring (bicyclic) bond motifs is 1. The van der Waals surface area contributed by atoms with Crippen molar-refractivity contribution in [2.75, 3.05) is 6.61 Å². The van der Waals surface area contributed by atoms with Gasteiger partial charge in [0.1, 0.15) is 5.82 Å². The van der Waals surface area contributed by atoms with E-state index in [1.807, 2.05) is 18.2 Å². The number of imidazole rings is 1. The number of nitrogens with zero attached hydrogens (tertiary/aromatic N) is 1. The summed E-state index contributed by atoms with van der Waals surface area (Å²) in [4.78, 5) is 7.97. The molecule has 0 bridgehead atoms. The quantitative estimate of drug-likeness (QED) is 0.880. The number of H-pyrrole nitrogens is 1. The van der Waals surface area contributed by atoms with Crippen LogP contribution in [0.4, 0.5) is 0 Å². The lowest BCUT2D eigenvalue weighted by atomic mass is 10.0. The molecule has 1 fully saturated rings. The average Bonchev–Trinajstić information content (AvgIpc) is 2.89. The molecule has 1 aromatic carbocycles. The molecule has 108 valence electrons. The van der Waals surface area contributed by atoms with Crippen LogP contribution in [0.25, 0.3) is 11.0 Å². The van der Waals surface area contributed by atoms with Gasteiger partial charge in [0.2, 0.25) is 0 Å². The maximum Gasteiger partial charge on any atom is 0.121 e. The van der Waals surface area contributed by atoms with E-state index in [1.54, 1.807) is 0 Å². The van der Waals surface area contributed by atoms with E-state index in [1.165, 1.54) is 12.8 Å². The summed E-state index contributed by atoms with van der Waals surface area (Å²) in [6.45, 7) is 3.90. The zero-order valence-electron chi connectivity index (χ0n) is 12.1. The Morgan fingerprint density at radius 3 is 3.15 bits per heavy atom. The highest BCUT2D eigenvalue weighted by Gasteiger charge is 2.21. The first kappa shape index (κ1) is 13.6. The van der Waals surface area contributed by atoms with Crippen LogP contribution in [0.15, 0.2) is 24.3 Å². The van der Waals surface area contributed by atoms with Gasteiger partial charge in [-0.2, -0.15) is 0 Å². The minimum Gasteiger partial charge on any atom is -0.378 e. The van der Waals surface area contributed by atoms with Gasteiger partial charge in [0, 0.05) is 12.6 Å². The van der Waals surface area contributed by atoms with Crippen molar-refractivity contribution in [1.82, 2.24) is 15.3 Å². The third-order valence-corrected chi connectivity index (χ3v) is 3.97. The number of ether oxygens (including phenoxy) is 1. The number of rotatable bonds is 5. The number of hydrogen-bond donors (Lipinski definition) is 2. The zero-order valence-corrected chi connectivity index (χ0v) is 12.1. The van der Waals surface area contributed by atoms with Crippen LogP contribution in [0, 0.1) is 0 Å². The van der Waals surface area contributed by atoms with E-state index in [9.17, 15) is 0 Å². The highest BCUT2D eigenvalue weighted by atomic mass is 16.5. The number of hydrogen-bond acceptors (Lipinski definition) is 3. The SMILES string of the molecule is CCCC1CC(NCc2nc3ccccc3[nH]2)CCO1. The van der Waals surface area contributed by atoms with E-state index >= 15 is 0 Å². The first-order valence-electron chi connectivity index (χ1n) is 7.63. The van der Waals surface area contributed by atoms with Crippen LogP contribution in [0.2, 0.25) is 0 Å². The summed E-state index contributed by atoms with van der Waals surface area (Å²) < 4.78 is 5.79. The standard InChI is InChI=1S/C16H23N3O/c1-2-5-13-10-12(8-9-20-13)17-11-16-18-14-6-3-4-7-15(14)19-16/h3-4,6-7,12-13,17H,2,5,8-11H2,1H3,(H,18,19). The lowest BCUT2D eigenvalue weighted by Gasteiger charge is -2.30. The van der Waals surface area contributed by atoms with Crippen molar-refractivity contribution in [2.24, 2.45) is 0 Å². The van der Waals surface area contributed by atoms with Gasteiger partial charge in [0.05, 0.1) is 23.7 Å². The fourth-order valence-electron chi connectivity index (χ4n) is 2.92. The van der Waals surface area contributed by atoms with E-state index < -0.39 is 0 Å². The lowest BCUT2D eigenvalue weighted by Crippen LogP contribution is -2.38. The Balaban J connectivity index is 1.56. The Morgan fingerprint density at radius 2 is 2.30 bits per heavy atom. The second-order valence-corrected chi connectivity index (χ2v) is 5.58. The Hall–Kier alpha value is -1.39. The molecule has 4 nitrogen and oxygen atoms in total. The predicted molar refractivity (Wildman–Crippen MR) is 80.6 cm³/mol. The average molecular weight is 273 g/mol. The van der Waals surface area contributed by atoms with E-state index in [4.69, 9.17) is 4.74 Å². The fraction of sp³-hybridized carbons (Fsp3) is 0.562. The molecule has 0 radical (unpaired) electrons. The number of aromatic nitrogens is 2. The minimum absolute atomic E-state index is 0.432. The molecule has 0 aliphatic carbocycles. The van der Waals surface area contributed by atoms with Crippen LogP contribution in [-0.4, -0.2) is 28.7 Å². The van der Waals surface area contributed by atoms with Crippen molar-refractivity contribution in [3.63, 3.8) is 0 Å². The van der Waals surface area contributed by atoms with Gasteiger partial charge in [-0.3, -0.25) is 0 Å². The van der Waals surface area contributed by atoms with Crippen molar-refractivity contribution >= 4 is 11.0 Å². The van der Waals surface area contributed by atoms with Crippen molar-refractivity contribution in [1.29, 1.82) is 0 Å². The first-order chi connectivity index (χ1) is 9.85. The molecule has 2 heterocycles. The molecule has 1 aliphatic rings. The van der Waals surface area contributed by atoms with Crippen LogP contribution < -0.4 is 5.32 Å². The number of benzene rings is 1. The van der Waals surface area contributed by atoms with Crippen molar-refractivity contribution in [3.8, 4) is 0 Å². The van der Waals surface area contributed by atoms with E-state index in [-0.39, 0.29) is 0 Å². The molecular weight excluding hydrogens is 250 g/mol. The summed E-state index contributed by atoms with van der Waals surface area (Å²) in [5.41, 5.74) is 2.15. The van der Waals surface area contributed by atoms with E-state index in [0.717, 1.165) is 42.9 Å². The highest BCUT2D eigenvalue weighted by Crippen LogP contribution is 2.18. The van der Waals surface area contributed by atoms with Crippen LogP contribution in [-0.2, 0) is 11.3 Å². The minimum atomic E-state index is 0.432. The second kappa shape index (κ2) is 6.37. The van der Waals surface area contributed by atoms with Crippen molar-refractivity contribution in [2.45, 2.75) is 51.3 Å². The van der Waals surface area contributed by atoms with Gasteiger partial charge >= 0.3 is 0 Å². The molecule has 0 spiro atoms. The lowest BCUT2D eigenvalue weighted by molar-refractivity contribution is -0.00351. The molecule has 2 atom stereocenters. The molecule has 0 amide bonds. The van der Waals surface area contributed by atoms with Gasteiger partial charge < -0.3 is 15.0 Å². The van der Waals surface area contributed by atoms with E-state index in [2.05, 4.69) is 28.3 Å². The van der Waals surface area contributed by atoms with Gasteiger partial charge in [0.25, 0.3) is 0 Å². The summed E-state index contributed by atoms with van der Waals surface area (Å²) in [6.07, 6.45) is 5.01. The molecule has 1 aromatic heterocycles. The number of aromatic amines is 1. The third-order valence-electron chi connectivity index (χ3n) is 3.97. The van der Waals surface area contributed by atoms with E-state index in [0.29, 0.717) is 12.1 Å². The van der Waals surface area contributed by atoms with Gasteiger partial charge in [-0.15, -0.1) is 0 Å². The van der Waals surface area contributed by atoms with Gasteiger partial charge in [-0.25, -0.2) is 4.98 Å².